The van der Waals surface area contributed by atoms with Gasteiger partial charge < -0.3 is 10.4 Å². The zero-order valence-electron chi connectivity index (χ0n) is 11.8. The van der Waals surface area contributed by atoms with E-state index in [0.717, 1.165) is 18.4 Å². The third-order valence-corrected chi connectivity index (χ3v) is 4.12. The van der Waals surface area contributed by atoms with Crippen LogP contribution in [0.3, 0.4) is 0 Å². The summed E-state index contributed by atoms with van der Waals surface area (Å²) in [5.74, 6) is 0.624. The van der Waals surface area contributed by atoms with Crippen LogP contribution in [0.25, 0.3) is 0 Å². The molecule has 0 saturated heterocycles. The first-order chi connectivity index (χ1) is 8.99. The minimum Gasteiger partial charge on any atom is -0.394 e. The van der Waals surface area contributed by atoms with Crippen LogP contribution in [0.15, 0.2) is 18.5 Å². The summed E-state index contributed by atoms with van der Waals surface area (Å²) in [7, 11) is 0. The molecule has 1 aliphatic carbocycles. The third kappa shape index (κ3) is 2.95. The summed E-state index contributed by atoms with van der Waals surface area (Å²) >= 11 is 0. The molecule has 1 unspecified atom stereocenters. The monoisotopic (exact) mass is 262 g/mol. The lowest BCUT2D eigenvalue weighted by Crippen LogP contribution is -2.40. The van der Waals surface area contributed by atoms with Crippen LogP contribution in [0.4, 0.5) is 0 Å². The molecular weight excluding hydrogens is 240 g/mol. The van der Waals surface area contributed by atoms with Crippen molar-refractivity contribution in [2.75, 3.05) is 6.61 Å². The molecule has 0 radical (unpaired) electrons. The van der Waals surface area contributed by atoms with Crippen LogP contribution in [0, 0.1) is 5.92 Å². The van der Waals surface area contributed by atoms with E-state index in [1.807, 2.05) is 0 Å². The average Bonchev–Trinajstić information content (AvgIpc) is 3.18. The van der Waals surface area contributed by atoms with E-state index in [2.05, 4.69) is 31.1 Å². The molecule has 0 aliphatic heterocycles. The van der Waals surface area contributed by atoms with Crippen LogP contribution >= 0.6 is 0 Å². The van der Waals surface area contributed by atoms with Crippen LogP contribution in [0.5, 0.6) is 0 Å². The van der Waals surface area contributed by atoms with Gasteiger partial charge >= 0.3 is 0 Å². The fourth-order valence-electron chi connectivity index (χ4n) is 2.12. The maximum Gasteiger partial charge on any atom is 0.252 e. The fraction of sp³-hybridized carbons (Fsp3) is 0.600. The molecule has 2 rings (SSSR count). The van der Waals surface area contributed by atoms with Crippen molar-refractivity contribution in [3.8, 4) is 0 Å². The highest BCUT2D eigenvalue weighted by atomic mass is 16.3. The summed E-state index contributed by atoms with van der Waals surface area (Å²) in [5, 5.41) is 12.2. The molecule has 1 aromatic heterocycles. The number of carbonyl (C=O) groups excluding carboxylic acids is 1. The van der Waals surface area contributed by atoms with E-state index in [1.165, 1.54) is 0 Å². The number of aliphatic hydroxyl groups excluding tert-OH is 1. The predicted molar refractivity (Wildman–Crippen MR) is 74.0 cm³/mol. The quantitative estimate of drug-likeness (QED) is 0.854. The van der Waals surface area contributed by atoms with Crippen LogP contribution in [0.1, 0.15) is 55.5 Å². The van der Waals surface area contributed by atoms with Gasteiger partial charge in [0.1, 0.15) is 0 Å². The van der Waals surface area contributed by atoms with E-state index in [0.29, 0.717) is 11.5 Å². The molecule has 19 heavy (non-hydrogen) atoms. The highest BCUT2D eigenvalue weighted by molar-refractivity contribution is 5.96. The number of nitrogens with one attached hydrogen (secondary N) is 1. The topological polar surface area (TPSA) is 62.2 Å². The Labute approximate surface area is 114 Å². The molecule has 1 aromatic rings. The second-order valence-corrected chi connectivity index (χ2v) is 5.89. The number of hydrogen-bond acceptors (Lipinski definition) is 3. The molecule has 1 heterocycles. The Balaban J connectivity index is 2.22. The number of aliphatic hydroxyl groups is 1. The zero-order valence-corrected chi connectivity index (χ0v) is 11.8. The van der Waals surface area contributed by atoms with E-state index in [-0.39, 0.29) is 24.0 Å². The number of nitrogens with zero attached hydrogens (tertiary/aromatic N) is 1. The standard InChI is InChI=1S/C15H22N2O2/c1-10(2)11(3)13-8-16-7-4-12(13)14(19)17-15(9-18)5-6-15/h4,7-8,10-11,18H,5-6,9H2,1-3H3,(H,17,19). The Bertz CT molecular complexity index is 467. The normalized spacial score (nSPS) is 18.2. The van der Waals surface area contributed by atoms with Crippen molar-refractivity contribution in [3.05, 3.63) is 29.6 Å². The summed E-state index contributed by atoms with van der Waals surface area (Å²) in [6.45, 7) is 6.39. The van der Waals surface area contributed by atoms with Gasteiger partial charge in [0, 0.05) is 18.0 Å². The zero-order chi connectivity index (χ0) is 14.0. The first kappa shape index (κ1) is 14.0. The van der Waals surface area contributed by atoms with Gasteiger partial charge in [0.15, 0.2) is 0 Å². The lowest BCUT2D eigenvalue weighted by molar-refractivity contribution is 0.0905. The Morgan fingerprint density at radius 1 is 1.47 bits per heavy atom. The van der Waals surface area contributed by atoms with Crippen molar-refractivity contribution in [1.82, 2.24) is 10.3 Å². The Morgan fingerprint density at radius 2 is 2.16 bits per heavy atom. The lowest BCUT2D eigenvalue weighted by Gasteiger charge is -2.20. The molecular formula is C15H22N2O2. The number of aromatic nitrogens is 1. The minimum atomic E-state index is -0.376. The second kappa shape index (κ2) is 5.29. The number of pyridine rings is 1. The van der Waals surface area contributed by atoms with Crippen molar-refractivity contribution in [2.45, 2.75) is 45.1 Å². The number of hydrogen-bond donors (Lipinski definition) is 2. The third-order valence-electron chi connectivity index (χ3n) is 4.12. The summed E-state index contributed by atoms with van der Waals surface area (Å²) in [4.78, 5) is 16.5. The maximum absolute atomic E-state index is 12.4. The summed E-state index contributed by atoms with van der Waals surface area (Å²) < 4.78 is 0. The van der Waals surface area contributed by atoms with Crippen molar-refractivity contribution in [1.29, 1.82) is 0 Å². The summed E-state index contributed by atoms with van der Waals surface area (Å²) in [5.41, 5.74) is 1.28. The molecule has 104 valence electrons. The van der Waals surface area contributed by atoms with E-state index in [4.69, 9.17) is 0 Å². The van der Waals surface area contributed by atoms with Gasteiger partial charge in [-0.2, -0.15) is 0 Å². The van der Waals surface area contributed by atoms with Crippen LogP contribution in [-0.2, 0) is 0 Å². The van der Waals surface area contributed by atoms with Crippen molar-refractivity contribution >= 4 is 5.91 Å². The molecule has 1 saturated carbocycles. The highest BCUT2D eigenvalue weighted by Gasteiger charge is 2.43. The van der Waals surface area contributed by atoms with E-state index >= 15 is 0 Å². The van der Waals surface area contributed by atoms with E-state index in [1.54, 1.807) is 18.5 Å². The highest BCUT2D eigenvalue weighted by Crippen LogP contribution is 2.35. The van der Waals surface area contributed by atoms with Crippen molar-refractivity contribution < 1.29 is 9.90 Å². The molecule has 0 spiro atoms. The SMILES string of the molecule is CC(C)C(C)c1cnccc1C(=O)NC1(CO)CC1. The first-order valence-electron chi connectivity index (χ1n) is 6.86. The van der Waals surface area contributed by atoms with Crippen molar-refractivity contribution in [3.63, 3.8) is 0 Å². The van der Waals surface area contributed by atoms with Gasteiger partial charge in [-0.05, 0) is 36.3 Å². The van der Waals surface area contributed by atoms with Gasteiger partial charge in [-0.1, -0.05) is 20.8 Å². The molecule has 0 bridgehead atoms. The number of rotatable bonds is 5. The van der Waals surface area contributed by atoms with Crippen LogP contribution in [-0.4, -0.2) is 28.1 Å². The largest absolute Gasteiger partial charge is 0.394 e. The molecule has 1 aliphatic rings. The fourth-order valence-corrected chi connectivity index (χ4v) is 2.12. The van der Waals surface area contributed by atoms with Gasteiger partial charge in [0.25, 0.3) is 5.91 Å². The summed E-state index contributed by atoms with van der Waals surface area (Å²) in [6.07, 6.45) is 5.13. The number of amides is 1. The smallest absolute Gasteiger partial charge is 0.252 e. The molecule has 4 nitrogen and oxygen atoms in total. The van der Waals surface area contributed by atoms with E-state index in [9.17, 15) is 9.90 Å². The van der Waals surface area contributed by atoms with Gasteiger partial charge in [0.05, 0.1) is 12.1 Å². The van der Waals surface area contributed by atoms with E-state index < -0.39 is 0 Å². The molecule has 2 N–H and O–H groups in total. The maximum atomic E-state index is 12.4. The predicted octanol–water partition coefficient (Wildman–Crippen LogP) is 2.10. The van der Waals surface area contributed by atoms with Gasteiger partial charge in [-0.15, -0.1) is 0 Å². The molecule has 1 atom stereocenters. The lowest BCUT2D eigenvalue weighted by atomic mass is 9.88. The van der Waals surface area contributed by atoms with Gasteiger partial charge in [0.2, 0.25) is 0 Å². The number of carbonyl (C=O) groups is 1. The van der Waals surface area contributed by atoms with Gasteiger partial charge in [-0.3, -0.25) is 9.78 Å². The van der Waals surface area contributed by atoms with Crippen LogP contribution < -0.4 is 5.32 Å². The Kier molecular flexibility index (Phi) is 3.90. The summed E-state index contributed by atoms with van der Waals surface area (Å²) in [6, 6.07) is 1.76. The molecule has 4 heteroatoms. The minimum absolute atomic E-state index is 0.0128. The molecule has 0 aromatic carbocycles. The van der Waals surface area contributed by atoms with Gasteiger partial charge in [-0.25, -0.2) is 0 Å². The van der Waals surface area contributed by atoms with Crippen LogP contribution in [0.2, 0.25) is 0 Å². The average molecular weight is 262 g/mol. The Hall–Kier alpha value is -1.42. The Morgan fingerprint density at radius 3 is 2.68 bits per heavy atom. The van der Waals surface area contributed by atoms with Crippen molar-refractivity contribution in [2.24, 2.45) is 5.92 Å². The second-order valence-electron chi connectivity index (χ2n) is 5.89. The first-order valence-corrected chi connectivity index (χ1v) is 6.86. The molecule has 1 amide bonds. The molecule has 1 fully saturated rings.